The molecular weight excluding hydrogens is 218 g/mol. The first kappa shape index (κ1) is 12.7. The van der Waals surface area contributed by atoms with Crippen LogP contribution in [0.1, 0.15) is 2.74 Å². The van der Waals surface area contributed by atoms with Crippen LogP contribution in [0.5, 0.6) is 0 Å². The molecule has 0 bridgehead atoms. The molecule has 0 fully saturated rings. The van der Waals surface area contributed by atoms with Crippen molar-refractivity contribution in [3.05, 3.63) is 23.6 Å². The van der Waals surface area contributed by atoms with Crippen molar-refractivity contribution in [2.24, 2.45) is 0 Å². The van der Waals surface area contributed by atoms with Crippen LogP contribution in [-0.4, -0.2) is 12.8 Å². The van der Waals surface area contributed by atoms with Gasteiger partial charge in [0.15, 0.2) is 0 Å². The number of nitrogens with zero attached hydrogens (tertiary/aromatic N) is 1. The molecule has 10 heavy (non-hydrogen) atoms. The van der Waals surface area contributed by atoms with E-state index in [1.165, 1.54) is 0 Å². The molecule has 0 saturated carbocycles. The molecule has 4 nitrogen and oxygen atoms in total. The maximum atomic E-state index is 9.16. The van der Waals surface area contributed by atoms with E-state index in [4.69, 9.17) is 24.1 Å². The van der Waals surface area contributed by atoms with Gasteiger partial charge in [0, 0.05) is 2.74 Å². The van der Waals surface area contributed by atoms with Crippen LogP contribution in [0.3, 0.4) is 0 Å². The largest absolute Gasteiger partial charge is 2.00 e. The average molecular weight is 228 g/mol. The van der Waals surface area contributed by atoms with Crippen molar-refractivity contribution in [2.75, 3.05) is 6.61 Å². The summed E-state index contributed by atoms with van der Waals surface area (Å²) in [5.74, 6) is 0. The maximum absolute atomic E-state index is 9.16. The molecule has 0 unspecified atom stereocenters. The van der Waals surface area contributed by atoms with E-state index in [9.17, 15) is 0 Å². The summed E-state index contributed by atoms with van der Waals surface area (Å²) >= 11 is 0. The average Bonchev–Trinajstić information content (AvgIpc) is 1.89. The summed E-state index contributed by atoms with van der Waals surface area (Å²) in [6.07, 6.45) is -1.31. The first-order valence-corrected chi connectivity index (χ1v) is 1.64. The van der Waals surface area contributed by atoms with Gasteiger partial charge in [0.05, 0.1) is 0 Å². The molecule has 0 rings (SSSR count). The predicted molar refractivity (Wildman–Crippen MR) is 27.8 cm³/mol. The third kappa shape index (κ3) is 97.5. The van der Waals surface area contributed by atoms with Crippen molar-refractivity contribution in [1.82, 2.24) is 0 Å². The minimum atomic E-state index is -0.806. The number of hydrogen-bond acceptors (Lipinski definition) is 2. The van der Waals surface area contributed by atoms with Crippen LogP contribution in [0.15, 0.2) is 12.4 Å². The molecule has 0 aliphatic carbocycles. The van der Waals surface area contributed by atoms with Gasteiger partial charge in [-0.25, -0.2) is 6.19 Å². The minimum Gasteiger partial charge on any atom is -0.879 e. The van der Waals surface area contributed by atoms with E-state index in [-0.39, 0.29) is 40.4 Å². The number of nitrogens with one attached hydrogen (secondary N) is 1. The van der Waals surface area contributed by atoms with Crippen molar-refractivity contribution in [3.8, 4) is 0 Å². The van der Waals surface area contributed by atoms with Gasteiger partial charge in [-0.2, -0.15) is 12.4 Å². The Morgan fingerprint density at radius 3 is 1.80 bits per heavy atom. The molecule has 0 amide bonds. The summed E-state index contributed by atoms with van der Waals surface area (Å²) < 4.78 is 12.0. The molecule has 0 spiro atoms. The first-order valence-electron chi connectivity index (χ1n) is 2.64. The third-order valence-corrected chi connectivity index (χ3v) is 0.123. The third-order valence-electron chi connectivity index (χ3n) is 0.123. The molecule has 0 aromatic carbocycles. The molecule has 2 radical (unpaired) electrons. The molecule has 0 saturated heterocycles. The zero-order chi connectivity index (χ0) is 8.57. The number of hydrogen-bond donors (Lipinski definition) is 0. The Labute approximate surface area is 83.8 Å². The van der Waals surface area contributed by atoms with Gasteiger partial charge in [0.1, 0.15) is 0 Å². The van der Waals surface area contributed by atoms with E-state index in [0.29, 0.717) is 0 Å². The van der Waals surface area contributed by atoms with Gasteiger partial charge in [0.2, 0.25) is 0 Å². The van der Waals surface area contributed by atoms with Crippen LogP contribution >= 0.6 is 0 Å². The van der Waals surface area contributed by atoms with Gasteiger partial charge in [-0.1, -0.05) is 0 Å². The van der Waals surface area contributed by atoms with Crippen molar-refractivity contribution >= 4 is 6.19 Å². The van der Waals surface area contributed by atoms with E-state index >= 15 is 0 Å². The molecule has 0 aliphatic rings. The Morgan fingerprint density at radius 1 is 1.60 bits per heavy atom. The zero-order valence-electron chi connectivity index (χ0n) is 6.80. The summed E-state index contributed by atoms with van der Waals surface area (Å²) in [6.45, 7) is -0.806. The molecule has 0 atom stereocenters. The molecular formula is C4H6Mn2N2O2. The quantitative estimate of drug-likeness (QED) is 0.322. The Bertz CT molecular complexity index is 130. The Kier molecular flexibility index (Phi) is 45.5. The normalized spacial score (nSPS) is 9.90. The fraction of sp³-hybridized carbons (Fsp3) is 0.250. The summed E-state index contributed by atoms with van der Waals surface area (Å²) in [5, 5.41) is 25.9. The van der Waals surface area contributed by atoms with Gasteiger partial charge in [-0.15, -0.1) is 6.61 Å². The van der Waals surface area contributed by atoms with Crippen molar-refractivity contribution in [3.63, 3.8) is 0 Å². The SMILES string of the molecule is [3H]C(=[N-])C[O-].[3H]C([NH-])=C[O-].[Mn+2].[Mn+2]. The van der Waals surface area contributed by atoms with Gasteiger partial charge in [-0.05, 0) is 0 Å². The van der Waals surface area contributed by atoms with Crippen LogP contribution in [0, 0.1) is 0 Å². The second-order valence-corrected chi connectivity index (χ2v) is 0.565. The van der Waals surface area contributed by atoms with Gasteiger partial charge >= 0.3 is 34.1 Å². The fourth-order valence-electron chi connectivity index (χ4n) is 0. The second kappa shape index (κ2) is 36.0. The Hall–Kier alpha value is 0.00896. The smallest absolute Gasteiger partial charge is 0.879 e. The van der Waals surface area contributed by atoms with E-state index in [2.05, 4.69) is 0 Å². The fourth-order valence-corrected chi connectivity index (χ4v) is 0. The van der Waals surface area contributed by atoms with Crippen molar-refractivity contribution in [2.45, 2.75) is 0 Å². The Morgan fingerprint density at radius 2 is 1.80 bits per heavy atom. The van der Waals surface area contributed by atoms with Gasteiger partial charge in [-0.3, -0.25) is 0 Å². The van der Waals surface area contributed by atoms with Crippen LogP contribution in [0.2, 0.25) is 0 Å². The van der Waals surface area contributed by atoms with E-state index in [1.54, 1.807) is 0 Å². The summed E-state index contributed by atoms with van der Waals surface area (Å²) in [7, 11) is 0. The van der Waals surface area contributed by atoms with Crippen LogP contribution in [0.4, 0.5) is 0 Å². The number of rotatable bonds is 1. The van der Waals surface area contributed by atoms with Gasteiger partial charge < -0.3 is 21.4 Å². The van der Waals surface area contributed by atoms with Crippen molar-refractivity contribution < 1.29 is 47.1 Å². The Balaban J connectivity index is -0.0000000457. The molecule has 1 N–H and O–H groups in total. The van der Waals surface area contributed by atoms with E-state index in [1.807, 2.05) is 0 Å². The van der Waals surface area contributed by atoms with E-state index in [0.717, 1.165) is 0 Å². The molecule has 58 valence electrons. The van der Waals surface area contributed by atoms with Gasteiger partial charge in [0.25, 0.3) is 0 Å². The molecule has 0 aliphatic heterocycles. The standard InChI is InChI=1S/C2H4NO.C2H3NO.2Mn/c2*3-1-2-4;;/h1-4H;1H,2H2;;/q-1;-2;2*+2/p-1/i2*1T;;. The zero-order valence-corrected chi connectivity index (χ0v) is 7.16. The monoisotopic (exact) mass is 228 g/mol. The predicted octanol–water partition coefficient (Wildman–Crippen LogP) is -1.15. The molecule has 0 aromatic rings. The maximum Gasteiger partial charge on any atom is 2.00 e. The second-order valence-electron chi connectivity index (χ2n) is 0.565. The van der Waals surface area contributed by atoms with E-state index < -0.39 is 19.0 Å². The van der Waals surface area contributed by atoms with Crippen LogP contribution in [0.25, 0.3) is 11.1 Å². The molecule has 0 heterocycles. The minimum absolute atomic E-state index is 0. The summed E-state index contributed by atoms with van der Waals surface area (Å²) in [5.41, 5.74) is 6.04. The molecule has 6 heteroatoms. The van der Waals surface area contributed by atoms with Crippen molar-refractivity contribution in [1.29, 1.82) is 0 Å². The summed E-state index contributed by atoms with van der Waals surface area (Å²) in [6, 6.07) is 0. The molecule has 0 aromatic heterocycles. The van der Waals surface area contributed by atoms with Crippen LogP contribution < -0.4 is 10.2 Å². The summed E-state index contributed by atoms with van der Waals surface area (Å²) in [4.78, 5) is 0. The first-order chi connectivity index (χ1) is 4.54. The topological polar surface area (TPSA) is 92.2 Å². The van der Waals surface area contributed by atoms with Crippen LogP contribution in [-0.2, 0) is 34.1 Å².